The van der Waals surface area contributed by atoms with Crippen molar-refractivity contribution >= 4 is 50.2 Å². The van der Waals surface area contributed by atoms with Crippen molar-refractivity contribution in [3.05, 3.63) is 191 Å². The van der Waals surface area contributed by atoms with E-state index >= 15 is 0 Å². The Hall–Kier alpha value is -7.42. The van der Waals surface area contributed by atoms with Gasteiger partial charge in [-0.05, 0) is 93.0 Å². The number of aryl methyl sites for hydroxylation is 1. The standard InChI is InChI=1S/C58H64N8O5S/c1-41-26-32-48-46(36-41)57(2,3)50(66(48)35-19-22-42-20-13-8-6-9-14-21-42)23-15-10-7-11-16-24-51-58(4,5)47-37-45(72(68,69)70)31-33-49(47)65(51)34-18-12-17-25-52(67)60-38-43-27-29-44(30-28-43)39-71-55-53-54(62-40-61-53)63-56(59)64-55/h6-11,13-16,20-21,23-24,26-33,36-37,40H,12,17-19,22,25,34-35,38-39H2,1-5H3,(H4-,59,60,61,62,63,64,67,68,69,70)/p+1/b8-6-,9-6?,13-8?,14-9-,20-13?,21-14?,42-20?,42-21?. The number of nitrogens with one attached hydrogen (secondary N) is 2. The summed E-state index contributed by atoms with van der Waals surface area (Å²) in [5, 5.41) is 3.04. The summed E-state index contributed by atoms with van der Waals surface area (Å²) in [6, 6.07) is 19.4. The molecule has 8 rings (SSSR count). The smallest absolute Gasteiger partial charge is 0.294 e. The van der Waals surface area contributed by atoms with E-state index in [1.165, 1.54) is 40.5 Å². The molecule has 372 valence electrons. The summed E-state index contributed by atoms with van der Waals surface area (Å²) in [6.45, 7) is 13.2. The molecule has 5 aromatic rings. The third-order valence-electron chi connectivity index (χ3n) is 13.5. The molecule has 0 radical (unpaired) electrons. The number of nitrogens with two attached hydrogens (primary N) is 1. The first kappa shape index (κ1) is 51.0. The third-order valence-corrected chi connectivity index (χ3v) is 14.4. The summed E-state index contributed by atoms with van der Waals surface area (Å²) < 4.78 is 42.5. The molecule has 0 spiro atoms. The maximum atomic E-state index is 12.9. The van der Waals surface area contributed by atoms with Crippen molar-refractivity contribution in [3.8, 4) is 5.88 Å². The lowest BCUT2D eigenvalue weighted by Gasteiger charge is -2.27. The molecule has 0 saturated heterocycles. The van der Waals surface area contributed by atoms with Gasteiger partial charge in [-0.25, -0.2) is 4.98 Å². The average molecular weight is 986 g/mol. The Labute approximate surface area is 423 Å². The first-order valence-corrected chi connectivity index (χ1v) is 26.1. The van der Waals surface area contributed by atoms with Crippen molar-refractivity contribution in [2.24, 2.45) is 0 Å². The van der Waals surface area contributed by atoms with Gasteiger partial charge in [-0.15, -0.1) is 0 Å². The maximum absolute atomic E-state index is 12.9. The van der Waals surface area contributed by atoms with E-state index in [0.717, 1.165) is 60.3 Å². The summed E-state index contributed by atoms with van der Waals surface area (Å²) >= 11 is 0. The number of hydrogen-bond acceptors (Lipinski definition) is 9. The second-order valence-corrected chi connectivity index (χ2v) is 20.9. The van der Waals surface area contributed by atoms with Gasteiger partial charge in [0.05, 0.1) is 16.6 Å². The van der Waals surface area contributed by atoms with Crippen LogP contribution in [0, 0.1) is 6.92 Å². The number of rotatable bonds is 20. The fraction of sp³-hybridized carbons (Fsp3) is 0.293. The Bertz CT molecular complexity index is 3220. The molecule has 2 aliphatic heterocycles. The Balaban J connectivity index is 0.871. The van der Waals surface area contributed by atoms with Crippen molar-refractivity contribution in [1.82, 2.24) is 25.3 Å². The minimum absolute atomic E-state index is 0.0166. The zero-order valence-electron chi connectivity index (χ0n) is 41.8. The number of imidazole rings is 1. The summed E-state index contributed by atoms with van der Waals surface area (Å²) in [5.41, 5.74) is 17.2. The van der Waals surface area contributed by atoms with Crippen LogP contribution in [-0.4, -0.2) is 62.2 Å². The van der Waals surface area contributed by atoms with Crippen molar-refractivity contribution in [2.45, 2.75) is 102 Å². The lowest BCUT2D eigenvalue weighted by molar-refractivity contribution is -0.438. The first-order chi connectivity index (χ1) is 34.6. The number of nitrogens with zero attached hydrogens (tertiary/aromatic N) is 5. The number of H-pyrrole nitrogens is 1. The monoisotopic (exact) mass is 985 g/mol. The highest BCUT2D eigenvalue weighted by Gasteiger charge is 2.45. The van der Waals surface area contributed by atoms with E-state index in [1.807, 2.05) is 48.6 Å². The second kappa shape index (κ2) is 22.3. The largest absolute Gasteiger partial charge is 0.471 e. The van der Waals surface area contributed by atoms with E-state index in [-0.39, 0.29) is 28.8 Å². The van der Waals surface area contributed by atoms with Crippen molar-refractivity contribution in [2.75, 3.05) is 23.7 Å². The highest BCUT2D eigenvalue weighted by atomic mass is 32.2. The number of allylic oxidation sites excluding steroid dienone is 16. The molecule has 14 heteroatoms. The van der Waals surface area contributed by atoms with Crippen LogP contribution in [0.3, 0.4) is 0 Å². The molecule has 0 saturated carbocycles. The van der Waals surface area contributed by atoms with Crippen LogP contribution in [0.15, 0.2) is 168 Å². The van der Waals surface area contributed by atoms with Crippen LogP contribution in [-0.2, 0) is 38.9 Å². The van der Waals surface area contributed by atoms with E-state index in [0.29, 0.717) is 43.0 Å². The number of aromatic nitrogens is 4. The number of nitrogen functional groups attached to an aromatic ring is 1. The number of fused-ring (bicyclic) bond motifs is 3. The number of benzene rings is 3. The van der Waals surface area contributed by atoms with Crippen LogP contribution in [0.5, 0.6) is 5.88 Å². The molecule has 3 aromatic carbocycles. The summed E-state index contributed by atoms with van der Waals surface area (Å²) in [4.78, 5) is 30.6. The maximum Gasteiger partial charge on any atom is 0.294 e. The van der Waals surface area contributed by atoms with Crippen LogP contribution in [0.25, 0.3) is 11.2 Å². The highest BCUT2D eigenvalue weighted by Crippen LogP contribution is 2.48. The average Bonchev–Trinajstić information content (AvgIpc) is 3.95. The number of carbonyl (C=O) groups excluding carboxylic acids is 1. The molecule has 2 aromatic heterocycles. The quantitative estimate of drug-likeness (QED) is 0.0254. The van der Waals surface area contributed by atoms with Crippen LogP contribution in [0.4, 0.5) is 17.3 Å². The van der Waals surface area contributed by atoms with Gasteiger partial charge in [-0.3, -0.25) is 9.35 Å². The molecule has 5 N–H and O–H groups in total. The number of carbonyl (C=O) groups is 1. The van der Waals surface area contributed by atoms with Gasteiger partial charge in [0, 0.05) is 60.4 Å². The number of hydrogen-bond donors (Lipinski definition) is 4. The number of ether oxygens (including phenoxy) is 1. The van der Waals surface area contributed by atoms with Gasteiger partial charge in [-0.1, -0.05) is 129 Å². The van der Waals surface area contributed by atoms with Crippen molar-refractivity contribution in [1.29, 1.82) is 0 Å². The summed E-state index contributed by atoms with van der Waals surface area (Å²) in [6.07, 6.45) is 35.6. The fourth-order valence-electron chi connectivity index (χ4n) is 9.64. The number of amides is 1. The molecular weight excluding hydrogens is 921 g/mol. The molecule has 1 aliphatic carbocycles. The SMILES string of the molecule is Cc1ccc2c(c1)C(C)(C)C(=CC=CC=CC=CC1=[N+](CCCCCC(=O)NCc3ccc(COc4nc(N)nc5nc[nH]c45)cc3)c3ccc(S(=O)(=O)O)cc3C1(C)C)N2CCCC1=C/C=C\C=C/C=C1. The predicted molar refractivity (Wildman–Crippen MR) is 288 cm³/mol. The van der Waals surface area contributed by atoms with Crippen molar-refractivity contribution in [3.63, 3.8) is 0 Å². The van der Waals surface area contributed by atoms with E-state index in [4.69, 9.17) is 10.5 Å². The Morgan fingerprint density at radius 3 is 2.44 bits per heavy atom. The van der Waals surface area contributed by atoms with Gasteiger partial charge < -0.3 is 25.7 Å². The molecular formula is C58H65N8O5S+. The van der Waals surface area contributed by atoms with Gasteiger partial charge in [0.2, 0.25) is 23.4 Å². The zero-order chi connectivity index (χ0) is 50.9. The zero-order valence-corrected chi connectivity index (χ0v) is 42.6. The summed E-state index contributed by atoms with van der Waals surface area (Å²) in [5.74, 6) is 0.401. The fourth-order valence-corrected chi connectivity index (χ4v) is 10.1. The molecule has 0 atom stereocenters. The second-order valence-electron chi connectivity index (χ2n) is 19.4. The number of aromatic amines is 1. The van der Waals surface area contributed by atoms with Gasteiger partial charge >= 0.3 is 0 Å². The third kappa shape index (κ3) is 12.0. The predicted octanol–water partition coefficient (Wildman–Crippen LogP) is 11.1. The van der Waals surface area contributed by atoms with E-state index in [1.54, 1.807) is 12.1 Å². The van der Waals surface area contributed by atoms with Gasteiger partial charge in [0.25, 0.3) is 10.1 Å². The topological polar surface area (TPSA) is 179 Å². The van der Waals surface area contributed by atoms with Crippen LogP contribution in [0.2, 0.25) is 0 Å². The minimum Gasteiger partial charge on any atom is -0.471 e. The number of unbranched alkanes of at least 4 members (excludes halogenated alkanes) is 2. The molecule has 0 bridgehead atoms. The molecule has 72 heavy (non-hydrogen) atoms. The molecule has 3 aliphatic rings. The van der Waals surface area contributed by atoms with Crippen LogP contribution < -0.4 is 20.7 Å². The van der Waals surface area contributed by atoms with E-state index in [9.17, 15) is 17.8 Å². The van der Waals surface area contributed by atoms with E-state index in [2.05, 4.69) is 148 Å². The molecule has 0 fully saturated rings. The lowest BCUT2D eigenvalue weighted by atomic mass is 9.81. The van der Waals surface area contributed by atoms with Gasteiger partial charge in [-0.2, -0.15) is 23.0 Å². The Morgan fingerprint density at radius 1 is 0.861 bits per heavy atom. The molecule has 0 unspecified atom stereocenters. The van der Waals surface area contributed by atoms with Crippen LogP contribution in [0.1, 0.15) is 94.0 Å². The van der Waals surface area contributed by atoms with Crippen molar-refractivity contribution < 1.29 is 27.1 Å². The highest BCUT2D eigenvalue weighted by molar-refractivity contribution is 7.85. The molecule has 1 amide bonds. The first-order valence-electron chi connectivity index (χ1n) is 24.6. The van der Waals surface area contributed by atoms with Gasteiger partial charge in [0.15, 0.2) is 11.4 Å². The summed E-state index contributed by atoms with van der Waals surface area (Å²) in [7, 11) is -4.39. The normalized spacial score (nSPS) is 17.5. The number of anilines is 2. The molecule has 13 nitrogen and oxygen atoms in total. The van der Waals surface area contributed by atoms with E-state index < -0.39 is 15.5 Å². The van der Waals surface area contributed by atoms with Gasteiger partial charge in [0.1, 0.15) is 18.7 Å². The Kier molecular flexibility index (Phi) is 15.8. The van der Waals surface area contributed by atoms with Crippen LogP contribution >= 0.6 is 0 Å². The lowest BCUT2D eigenvalue weighted by Crippen LogP contribution is -2.28. The molecule has 4 heterocycles. The minimum atomic E-state index is -4.39. The Morgan fingerprint density at radius 2 is 1.62 bits per heavy atom.